The van der Waals surface area contributed by atoms with Crippen molar-refractivity contribution in [2.45, 2.75) is 18.5 Å². The van der Waals surface area contributed by atoms with Gasteiger partial charge in [-0.05, 0) is 31.2 Å². The van der Waals surface area contributed by atoms with Crippen molar-refractivity contribution >= 4 is 5.97 Å². The summed E-state index contributed by atoms with van der Waals surface area (Å²) in [4.78, 5) is 12.7. The Morgan fingerprint density at radius 3 is 2.59 bits per heavy atom. The lowest BCUT2D eigenvalue weighted by Gasteiger charge is -2.19. The molecule has 0 amide bonds. The molecule has 1 atom stereocenters. The molecule has 1 fully saturated rings. The van der Waals surface area contributed by atoms with E-state index in [1.165, 1.54) is 12.1 Å². The van der Waals surface area contributed by atoms with Gasteiger partial charge in [-0.25, -0.2) is 9.18 Å². The van der Waals surface area contributed by atoms with Crippen LogP contribution in [0.4, 0.5) is 4.39 Å². The second-order valence-corrected chi connectivity index (χ2v) is 4.82. The van der Waals surface area contributed by atoms with Crippen LogP contribution in [0.25, 0.3) is 0 Å². The molecule has 1 unspecified atom stereocenters. The molecule has 0 saturated carbocycles. The highest BCUT2D eigenvalue weighted by molar-refractivity contribution is 5.87. The molecule has 3 nitrogen and oxygen atoms in total. The summed E-state index contributed by atoms with van der Waals surface area (Å²) in [5, 5.41) is 8.76. The highest BCUT2D eigenvalue weighted by Gasteiger charge is 2.36. The van der Waals surface area contributed by atoms with Crippen LogP contribution in [0, 0.1) is 0 Å². The Morgan fingerprint density at radius 1 is 1.47 bits per heavy atom. The average molecular weight is 237 g/mol. The largest absolute Gasteiger partial charge is 0.478 e. The number of hydrogen-bond acceptors (Lipinski definition) is 2. The third-order valence-electron chi connectivity index (χ3n) is 3.22. The molecule has 1 aromatic carbocycles. The molecule has 0 bridgehead atoms. The third-order valence-corrected chi connectivity index (χ3v) is 3.22. The van der Waals surface area contributed by atoms with Crippen molar-refractivity contribution in [3.05, 3.63) is 35.4 Å². The predicted octanol–water partition coefficient (Wildman–Crippen LogP) is 1.97. The molecule has 0 radical (unpaired) electrons. The van der Waals surface area contributed by atoms with Crippen LogP contribution in [-0.4, -0.2) is 41.8 Å². The second kappa shape index (κ2) is 4.45. The van der Waals surface area contributed by atoms with Gasteiger partial charge in [0.25, 0.3) is 0 Å². The highest BCUT2D eigenvalue weighted by Crippen LogP contribution is 2.28. The maximum Gasteiger partial charge on any atom is 0.335 e. The second-order valence-electron chi connectivity index (χ2n) is 4.82. The molecule has 1 aromatic rings. The van der Waals surface area contributed by atoms with Gasteiger partial charge in [0.15, 0.2) is 0 Å². The zero-order valence-corrected chi connectivity index (χ0v) is 9.82. The van der Waals surface area contributed by atoms with Crippen LogP contribution in [0.1, 0.15) is 22.3 Å². The molecular formula is C13H16FNO2. The smallest absolute Gasteiger partial charge is 0.335 e. The van der Waals surface area contributed by atoms with Gasteiger partial charge in [0, 0.05) is 19.5 Å². The van der Waals surface area contributed by atoms with E-state index in [1.807, 2.05) is 11.9 Å². The van der Waals surface area contributed by atoms with Gasteiger partial charge in [-0.1, -0.05) is 12.1 Å². The van der Waals surface area contributed by atoms with Gasteiger partial charge in [0.2, 0.25) is 0 Å². The van der Waals surface area contributed by atoms with E-state index < -0.39 is 11.6 Å². The van der Waals surface area contributed by atoms with Crippen LogP contribution >= 0.6 is 0 Å². The fraction of sp³-hybridized carbons (Fsp3) is 0.462. The molecule has 0 aromatic heterocycles. The molecule has 17 heavy (non-hydrogen) atoms. The lowest BCUT2D eigenvalue weighted by Crippen LogP contribution is -2.29. The van der Waals surface area contributed by atoms with E-state index in [2.05, 4.69) is 0 Å². The number of carboxylic acids is 1. The predicted molar refractivity (Wildman–Crippen MR) is 63.1 cm³/mol. The highest BCUT2D eigenvalue weighted by atomic mass is 19.1. The van der Waals surface area contributed by atoms with E-state index in [1.54, 1.807) is 12.1 Å². The van der Waals surface area contributed by atoms with Crippen molar-refractivity contribution in [3.63, 3.8) is 0 Å². The van der Waals surface area contributed by atoms with Crippen LogP contribution in [0.3, 0.4) is 0 Å². The summed E-state index contributed by atoms with van der Waals surface area (Å²) in [6.07, 6.45) is 0.904. The van der Waals surface area contributed by atoms with E-state index in [9.17, 15) is 9.18 Å². The summed E-state index contributed by atoms with van der Waals surface area (Å²) in [7, 11) is 1.91. The molecule has 0 aliphatic carbocycles. The van der Waals surface area contributed by atoms with E-state index in [0.717, 1.165) is 12.1 Å². The van der Waals surface area contributed by atoms with Crippen molar-refractivity contribution in [2.24, 2.45) is 0 Å². The minimum Gasteiger partial charge on any atom is -0.478 e. The first kappa shape index (κ1) is 12.0. The van der Waals surface area contributed by atoms with E-state index >= 15 is 0 Å². The summed E-state index contributed by atoms with van der Waals surface area (Å²) in [5.74, 6) is -0.952. The molecule has 1 aliphatic heterocycles. The number of alkyl halides is 1. The number of aromatic carboxylic acids is 1. The summed E-state index contributed by atoms with van der Waals surface area (Å²) in [6, 6.07) is 6.45. The summed E-state index contributed by atoms with van der Waals surface area (Å²) in [5.41, 5.74) is -0.0718. The first-order valence-corrected chi connectivity index (χ1v) is 5.68. The van der Waals surface area contributed by atoms with Crippen LogP contribution < -0.4 is 0 Å². The van der Waals surface area contributed by atoms with Crippen molar-refractivity contribution in [1.82, 2.24) is 4.90 Å². The minimum absolute atomic E-state index is 0.241. The maximum atomic E-state index is 14.3. The Kier molecular flexibility index (Phi) is 3.15. The molecule has 4 heteroatoms. The van der Waals surface area contributed by atoms with Crippen LogP contribution in [0.2, 0.25) is 0 Å². The molecule has 2 rings (SSSR count). The van der Waals surface area contributed by atoms with Crippen molar-refractivity contribution in [3.8, 4) is 0 Å². The van der Waals surface area contributed by atoms with Crippen LogP contribution in [-0.2, 0) is 6.42 Å². The average Bonchev–Trinajstić information content (AvgIpc) is 2.59. The van der Waals surface area contributed by atoms with Gasteiger partial charge < -0.3 is 10.0 Å². The number of rotatable bonds is 3. The molecule has 1 saturated heterocycles. The van der Waals surface area contributed by atoms with Gasteiger partial charge in [0.1, 0.15) is 5.67 Å². The number of likely N-dealkylation sites (tertiary alicyclic amines) is 1. The van der Waals surface area contributed by atoms with Gasteiger partial charge in [-0.2, -0.15) is 0 Å². The Bertz CT molecular complexity index is 418. The van der Waals surface area contributed by atoms with Crippen molar-refractivity contribution in [1.29, 1.82) is 0 Å². The molecule has 0 spiro atoms. The normalized spacial score (nSPS) is 25.1. The van der Waals surface area contributed by atoms with Crippen molar-refractivity contribution in [2.75, 3.05) is 20.1 Å². The Labute approximate surface area is 99.9 Å². The fourth-order valence-electron chi connectivity index (χ4n) is 2.31. The number of carbonyl (C=O) groups is 1. The van der Waals surface area contributed by atoms with Gasteiger partial charge in [0.05, 0.1) is 5.56 Å². The Balaban J connectivity index is 2.06. The zero-order valence-electron chi connectivity index (χ0n) is 9.82. The third kappa shape index (κ3) is 2.82. The number of halogens is 1. The van der Waals surface area contributed by atoms with Crippen LogP contribution in [0.15, 0.2) is 24.3 Å². The number of benzene rings is 1. The lowest BCUT2D eigenvalue weighted by molar-refractivity contribution is 0.0697. The summed E-state index contributed by atoms with van der Waals surface area (Å²) in [6.45, 7) is 1.23. The molecule has 1 N–H and O–H groups in total. The van der Waals surface area contributed by atoms with Gasteiger partial charge >= 0.3 is 5.97 Å². The lowest BCUT2D eigenvalue weighted by atomic mass is 9.95. The van der Waals surface area contributed by atoms with E-state index in [-0.39, 0.29) is 5.56 Å². The van der Waals surface area contributed by atoms with Crippen LogP contribution in [0.5, 0.6) is 0 Å². The molecular weight excluding hydrogens is 221 g/mol. The maximum absolute atomic E-state index is 14.3. The molecule has 1 aliphatic rings. The minimum atomic E-state index is -1.17. The number of hydrogen-bond donors (Lipinski definition) is 1. The first-order valence-electron chi connectivity index (χ1n) is 5.68. The van der Waals surface area contributed by atoms with E-state index in [0.29, 0.717) is 19.4 Å². The van der Waals surface area contributed by atoms with E-state index in [4.69, 9.17) is 5.11 Å². The number of carboxylic acid groups (broad SMARTS) is 1. The SMILES string of the molecule is CN1CCC(F)(Cc2ccc(C(=O)O)cc2)C1. The Hall–Kier alpha value is -1.42. The number of nitrogens with zero attached hydrogens (tertiary/aromatic N) is 1. The van der Waals surface area contributed by atoms with Gasteiger partial charge in [-0.3, -0.25) is 0 Å². The molecule has 92 valence electrons. The first-order chi connectivity index (χ1) is 7.98. The summed E-state index contributed by atoms with van der Waals surface area (Å²) < 4.78 is 14.3. The zero-order chi connectivity index (χ0) is 12.5. The van der Waals surface area contributed by atoms with Gasteiger partial charge in [-0.15, -0.1) is 0 Å². The fourth-order valence-corrected chi connectivity index (χ4v) is 2.31. The van der Waals surface area contributed by atoms with Crippen molar-refractivity contribution < 1.29 is 14.3 Å². The topological polar surface area (TPSA) is 40.5 Å². The Morgan fingerprint density at radius 2 is 2.12 bits per heavy atom. The molecule has 1 heterocycles. The quantitative estimate of drug-likeness (QED) is 0.873. The standard InChI is InChI=1S/C13H16FNO2/c1-15-7-6-13(14,9-15)8-10-2-4-11(5-3-10)12(16)17/h2-5H,6-9H2,1H3,(H,16,17). The monoisotopic (exact) mass is 237 g/mol. The summed E-state index contributed by atoms with van der Waals surface area (Å²) >= 11 is 0.